The van der Waals surface area contributed by atoms with Crippen LogP contribution in [0.2, 0.25) is 0 Å². The van der Waals surface area contributed by atoms with Crippen molar-refractivity contribution in [3.05, 3.63) is 35.1 Å². The molecule has 0 aliphatic heterocycles. The van der Waals surface area contributed by atoms with Crippen LogP contribution in [-0.2, 0) is 16.0 Å². The lowest BCUT2D eigenvalue weighted by atomic mass is 10.1. The van der Waals surface area contributed by atoms with Crippen LogP contribution in [0, 0.1) is 5.82 Å². The molecular formula is C14H22FN3O3. The zero-order chi connectivity index (χ0) is 15.5. The summed E-state index contributed by atoms with van der Waals surface area (Å²) in [5.74, 6) is -0.711. The average Bonchev–Trinajstić information content (AvgIpc) is 2.50. The molecule has 4 N–H and O–H groups in total. The maximum atomic E-state index is 14.1. The molecule has 0 saturated carbocycles. The Kier molecular flexibility index (Phi) is 8.34. The smallest absolute Gasteiger partial charge is 0.173 e. The lowest BCUT2D eigenvalue weighted by Gasteiger charge is -2.09. The highest BCUT2D eigenvalue weighted by molar-refractivity contribution is 5.97. The van der Waals surface area contributed by atoms with Crippen LogP contribution in [0.1, 0.15) is 17.5 Å². The van der Waals surface area contributed by atoms with Gasteiger partial charge in [-0.1, -0.05) is 17.3 Å². The van der Waals surface area contributed by atoms with E-state index in [1.807, 2.05) is 0 Å². The monoisotopic (exact) mass is 299 g/mol. The molecule has 0 spiro atoms. The minimum Gasteiger partial charge on any atom is -0.409 e. The van der Waals surface area contributed by atoms with Gasteiger partial charge in [0.2, 0.25) is 0 Å². The molecule has 0 heterocycles. The van der Waals surface area contributed by atoms with Crippen LogP contribution in [0.25, 0.3) is 0 Å². The van der Waals surface area contributed by atoms with Crippen LogP contribution in [0.3, 0.4) is 0 Å². The molecule has 0 atom stereocenters. The number of amidine groups is 1. The van der Waals surface area contributed by atoms with Crippen LogP contribution in [0.5, 0.6) is 0 Å². The number of hydrogen-bond donors (Lipinski definition) is 3. The number of nitrogens with two attached hydrogens (primary N) is 1. The van der Waals surface area contributed by atoms with Gasteiger partial charge in [-0.15, -0.1) is 0 Å². The van der Waals surface area contributed by atoms with E-state index >= 15 is 0 Å². The van der Waals surface area contributed by atoms with Crippen molar-refractivity contribution < 1.29 is 19.1 Å². The van der Waals surface area contributed by atoms with Gasteiger partial charge in [-0.25, -0.2) is 4.39 Å². The third-order valence-corrected chi connectivity index (χ3v) is 2.85. The standard InChI is InChI=1S/C14H22FN3O3/c1-20-8-9-21-7-3-6-17-10-11-4-2-5-12(13(11)15)14(16)18-19/h2,4-5,17,19H,3,6-10H2,1H3,(H2,16,18). The van der Waals surface area contributed by atoms with E-state index in [0.29, 0.717) is 38.5 Å². The Hall–Kier alpha value is -1.70. The van der Waals surface area contributed by atoms with E-state index in [1.54, 1.807) is 19.2 Å². The number of benzene rings is 1. The van der Waals surface area contributed by atoms with Crippen molar-refractivity contribution in [3.63, 3.8) is 0 Å². The van der Waals surface area contributed by atoms with Gasteiger partial charge >= 0.3 is 0 Å². The van der Waals surface area contributed by atoms with Gasteiger partial charge in [0.1, 0.15) is 5.82 Å². The predicted molar refractivity (Wildman–Crippen MR) is 77.9 cm³/mol. The van der Waals surface area contributed by atoms with Crippen LogP contribution in [0.15, 0.2) is 23.4 Å². The molecule has 0 aliphatic rings. The first-order chi connectivity index (χ1) is 10.2. The molecule has 6 nitrogen and oxygen atoms in total. The summed E-state index contributed by atoms with van der Waals surface area (Å²) >= 11 is 0. The highest BCUT2D eigenvalue weighted by Gasteiger charge is 2.10. The zero-order valence-electron chi connectivity index (χ0n) is 12.1. The molecular weight excluding hydrogens is 277 g/mol. The third-order valence-electron chi connectivity index (χ3n) is 2.85. The second-order valence-electron chi connectivity index (χ2n) is 4.40. The molecule has 1 rings (SSSR count). The van der Waals surface area contributed by atoms with Crippen molar-refractivity contribution in [3.8, 4) is 0 Å². The van der Waals surface area contributed by atoms with E-state index in [9.17, 15) is 4.39 Å². The van der Waals surface area contributed by atoms with Crippen molar-refractivity contribution >= 4 is 5.84 Å². The molecule has 0 aliphatic carbocycles. The van der Waals surface area contributed by atoms with E-state index < -0.39 is 5.82 Å². The molecule has 0 aromatic heterocycles. The Bertz CT molecular complexity index is 455. The fourth-order valence-corrected chi connectivity index (χ4v) is 1.73. The summed E-state index contributed by atoms with van der Waals surface area (Å²) in [5, 5.41) is 14.5. The highest BCUT2D eigenvalue weighted by Crippen LogP contribution is 2.12. The van der Waals surface area contributed by atoms with Crippen LogP contribution >= 0.6 is 0 Å². The SMILES string of the molecule is COCCOCCCNCc1cccc(/C(N)=N/O)c1F. The second-order valence-corrected chi connectivity index (χ2v) is 4.40. The van der Waals surface area contributed by atoms with Gasteiger partial charge in [0.05, 0.1) is 18.8 Å². The number of nitrogens with one attached hydrogen (secondary N) is 1. The van der Waals surface area contributed by atoms with Gasteiger partial charge in [0, 0.05) is 25.8 Å². The lowest BCUT2D eigenvalue weighted by molar-refractivity contribution is 0.0694. The maximum absolute atomic E-state index is 14.1. The first kappa shape index (κ1) is 17.4. The molecule has 1 aromatic rings. The van der Waals surface area contributed by atoms with Crippen molar-refractivity contribution in [1.29, 1.82) is 0 Å². The number of halogens is 1. The molecule has 0 bridgehead atoms. The molecule has 0 unspecified atom stereocenters. The Morgan fingerprint density at radius 3 is 2.90 bits per heavy atom. The Morgan fingerprint density at radius 2 is 2.19 bits per heavy atom. The number of nitrogens with zero attached hydrogens (tertiary/aromatic N) is 1. The summed E-state index contributed by atoms with van der Waals surface area (Å²) in [4.78, 5) is 0. The zero-order valence-corrected chi connectivity index (χ0v) is 12.1. The summed E-state index contributed by atoms with van der Waals surface area (Å²) in [6.07, 6.45) is 0.825. The number of hydrogen-bond acceptors (Lipinski definition) is 5. The van der Waals surface area contributed by atoms with Crippen molar-refractivity contribution in [2.45, 2.75) is 13.0 Å². The van der Waals surface area contributed by atoms with Crippen molar-refractivity contribution in [2.75, 3.05) is 33.5 Å². The summed E-state index contributed by atoms with van der Waals surface area (Å²) in [5.41, 5.74) is 5.98. The number of methoxy groups -OCH3 is 1. The molecule has 0 radical (unpaired) electrons. The third kappa shape index (κ3) is 6.07. The molecule has 7 heteroatoms. The van der Waals surface area contributed by atoms with Gasteiger partial charge in [0.15, 0.2) is 5.84 Å². The van der Waals surface area contributed by atoms with Gasteiger partial charge < -0.3 is 25.7 Å². The van der Waals surface area contributed by atoms with E-state index in [-0.39, 0.29) is 11.4 Å². The summed E-state index contributed by atoms with van der Waals surface area (Å²) in [6.45, 7) is 2.87. The fourth-order valence-electron chi connectivity index (χ4n) is 1.73. The quantitative estimate of drug-likeness (QED) is 0.198. The molecule has 118 valence electrons. The summed E-state index contributed by atoms with van der Waals surface area (Å²) < 4.78 is 24.3. The molecule has 1 aromatic carbocycles. The van der Waals surface area contributed by atoms with Crippen molar-refractivity contribution in [1.82, 2.24) is 5.32 Å². The number of oxime groups is 1. The maximum Gasteiger partial charge on any atom is 0.173 e. The first-order valence-corrected chi connectivity index (χ1v) is 6.73. The van der Waals surface area contributed by atoms with Crippen LogP contribution in [-0.4, -0.2) is 44.5 Å². The van der Waals surface area contributed by atoms with Crippen molar-refractivity contribution in [2.24, 2.45) is 10.9 Å². The average molecular weight is 299 g/mol. The minimum atomic E-state index is -0.475. The van der Waals surface area contributed by atoms with E-state index in [1.165, 1.54) is 6.07 Å². The van der Waals surface area contributed by atoms with E-state index in [2.05, 4.69) is 10.5 Å². The summed E-state index contributed by atoms with van der Waals surface area (Å²) in [7, 11) is 1.63. The normalized spacial score (nSPS) is 11.8. The van der Waals surface area contributed by atoms with Crippen LogP contribution in [0.4, 0.5) is 4.39 Å². The first-order valence-electron chi connectivity index (χ1n) is 6.73. The van der Waals surface area contributed by atoms with Gasteiger partial charge in [-0.2, -0.15) is 0 Å². The van der Waals surface area contributed by atoms with E-state index in [4.69, 9.17) is 20.4 Å². The molecule has 21 heavy (non-hydrogen) atoms. The lowest BCUT2D eigenvalue weighted by Crippen LogP contribution is -2.20. The number of rotatable bonds is 10. The molecule has 0 amide bonds. The topological polar surface area (TPSA) is 89.1 Å². The summed E-state index contributed by atoms with van der Waals surface area (Å²) in [6, 6.07) is 4.80. The Morgan fingerprint density at radius 1 is 1.38 bits per heavy atom. The largest absolute Gasteiger partial charge is 0.409 e. The second kappa shape index (κ2) is 10.1. The minimum absolute atomic E-state index is 0.0969. The number of ether oxygens (including phenoxy) is 2. The predicted octanol–water partition coefficient (Wildman–Crippen LogP) is 1.06. The van der Waals surface area contributed by atoms with E-state index in [0.717, 1.165) is 6.42 Å². The molecule has 0 saturated heterocycles. The highest BCUT2D eigenvalue weighted by atomic mass is 19.1. The van der Waals surface area contributed by atoms with Gasteiger partial charge in [-0.3, -0.25) is 0 Å². The van der Waals surface area contributed by atoms with Gasteiger partial charge in [0.25, 0.3) is 0 Å². The fraction of sp³-hybridized carbons (Fsp3) is 0.500. The van der Waals surface area contributed by atoms with Crippen LogP contribution < -0.4 is 11.1 Å². The Labute approximate surface area is 123 Å². The Balaban J connectivity index is 2.33. The molecule has 0 fully saturated rings. The van der Waals surface area contributed by atoms with Gasteiger partial charge in [-0.05, 0) is 19.0 Å².